The summed E-state index contributed by atoms with van der Waals surface area (Å²) in [5.41, 5.74) is 2.37. The van der Waals surface area contributed by atoms with E-state index < -0.39 is 0 Å². The lowest BCUT2D eigenvalue weighted by atomic mass is 10.1. The van der Waals surface area contributed by atoms with E-state index in [2.05, 4.69) is 64.3 Å². The third-order valence-electron chi connectivity index (χ3n) is 3.24. The number of aromatic nitrogens is 1. The van der Waals surface area contributed by atoms with Gasteiger partial charge in [0.1, 0.15) is 0 Å². The predicted molar refractivity (Wildman–Crippen MR) is 81.0 cm³/mol. The van der Waals surface area contributed by atoms with Crippen molar-refractivity contribution < 1.29 is 0 Å². The van der Waals surface area contributed by atoms with Crippen LogP contribution in [0.2, 0.25) is 0 Å². The zero-order valence-corrected chi connectivity index (χ0v) is 12.4. The number of nitrogens with one attached hydrogen (secondary N) is 1. The third kappa shape index (κ3) is 3.09. The number of hydrogen-bond donors (Lipinski definition) is 1. The van der Waals surface area contributed by atoms with Gasteiger partial charge in [-0.1, -0.05) is 54.0 Å². The van der Waals surface area contributed by atoms with Crippen LogP contribution in [0.15, 0.2) is 36.5 Å². The Morgan fingerprint density at radius 1 is 1.22 bits per heavy atom. The first-order valence-corrected chi connectivity index (χ1v) is 7.46. The van der Waals surface area contributed by atoms with Crippen molar-refractivity contribution in [2.45, 2.75) is 26.4 Å². The highest BCUT2D eigenvalue weighted by molar-refractivity contribution is 9.09. The van der Waals surface area contributed by atoms with Crippen LogP contribution in [-0.4, -0.2) is 16.4 Å². The highest BCUT2D eigenvalue weighted by Gasteiger charge is 2.11. The number of hydrogen-bond acceptors (Lipinski definition) is 2. The standard InChI is InChI=1S/C15H19BrN2/c1-11(2)14(9-16)18-10-13-6-3-5-12-7-4-8-17-15(12)13/h3-8,11,14,18H,9-10H2,1-2H3. The van der Waals surface area contributed by atoms with Crippen LogP contribution in [0.1, 0.15) is 19.4 Å². The van der Waals surface area contributed by atoms with Gasteiger partial charge in [0.2, 0.25) is 0 Å². The molecule has 2 nitrogen and oxygen atoms in total. The SMILES string of the molecule is CC(C)C(CBr)NCc1cccc2cccnc12. The van der Waals surface area contributed by atoms with Crippen molar-refractivity contribution in [1.29, 1.82) is 0 Å². The molecule has 2 rings (SSSR count). The Balaban J connectivity index is 2.17. The molecule has 0 aliphatic rings. The summed E-state index contributed by atoms with van der Waals surface area (Å²) in [6.07, 6.45) is 1.86. The van der Waals surface area contributed by atoms with Crippen molar-refractivity contribution in [2.24, 2.45) is 5.92 Å². The van der Waals surface area contributed by atoms with Crippen LogP contribution in [0.3, 0.4) is 0 Å². The van der Waals surface area contributed by atoms with E-state index in [1.54, 1.807) is 0 Å². The first-order chi connectivity index (χ1) is 8.72. The smallest absolute Gasteiger partial charge is 0.0746 e. The van der Waals surface area contributed by atoms with Crippen LogP contribution >= 0.6 is 15.9 Å². The second-order valence-electron chi connectivity index (χ2n) is 4.88. The van der Waals surface area contributed by atoms with E-state index in [9.17, 15) is 0 Å². The van der Waals surface area contributed by atoms with E-state index >= 15 is 0 Å². The molecule has 0 fully saturated rings. The Morgan fingerprint density at radius 3 is 2.72 bits per heavy atom. The number of rotatable bonds is 5. The van der Waals surface area contributed by atoms with Crippen molar-refractivity contribution in [1.82, 2.24) is 10.3 Å². The fourth-order valence-electron chi connectivity index (χ4n) is 2.02. The average molecular weight is 307 g/mol. The van der Waals surface area contributed by atoms with Crippen LogP contribution in [0, 0.1) is 5.92 Å². The van der Waals surface area contributed by atoms with Crippen molar-refractivity contribution in [3.8, 4) is 0 Å². The van der Waals surface area contributed by atoms with E-state index in [1.165, 1.54) is 10.9 Å². The summed E-state index contributed by atoms with van der Waals surface area (Å²) in [5, 5.41) is 5.77. The summed E-state index contributed by atoms with van der Waals surface area (Å²) in [6.45, 7) is 5.34. The molecule has 0 bridgehead atoms. The summed E-state index contributed by atoms with van der Waals surface area (Å²) in [4.78, 5) is 4.48. The van der Waals surface area contributed by atoms with Crippen molar-refractivity contribution >= 4 is 26.8 Å². The molecule has 0 spiro atoms. The quantitative estimate of drug-likeness (QED) is 0.851. The molecule has 0 saturated carbocycles. The maximum atomic E-state index is 4.48. The van der Waals surface area contributed by atoms with E-state index in [1.807, 2.05) is 12.3 Å². The minimum Gasteiger partial charge on any atom is -0.309 e. The van der Waals surface area contributed by atoms with Gasteiger partial charge in [0, 0.05) is 29.5 Å². The molecule has 1 atom stereocenters. The fourth-order valence-corrected chi connectivity index (χ4v) is 3.00. The van der Waals surface area contributed by atoms with Gasteiger partial charge in [0.05, 0.1) is 5.52 Å². The number of pyridine rings is 1. The lowest BCUT2D eigenvalue weighted by Gasteiger charge is -2.20. The molecule has 2 aromatic rings. The van der Waals surface area contributed by atoms with Gasteiger partial charge in [0.25, 0.3) is 0 Å². The summed E-state index contributed by atoms with van der Waals surface area (Å²) in [6, 6.07) is 10.9. The Morgan fingerprint density at radius 2 is 2.00 bits per heavy atom. The average Bonchev–Trinajstić information content (AvgIpc) is 2.39. The van der Waals surface area contributed by atoms with E-state index in [-0.39, 0.29) is 0 Å². The largest absolute Gasteiger partial charge is 0.309 e. The topological polar surface area (TPSA) is 24.9 Å². The van der Waals surface area contributed by atoms with Crippen LogP contribution in [0.5, 0.6) is 0 Å². The molecule has 0 radical (unpaired) electrons. The van der Waals surface area contributed by atoms with Crippen LogP contribution in [-0.2, 0) is 6.54 Å². The maximum absolute atomic E-state index is 4.48. The summed E-state index contributed by atoms with van der Waals surface area (Å²) in [7, 11) is 0. The van der Waals surface area contributed by atoms with Gasteiger partial charge >= 0.3 is 0 Å². The summed E-state index contributed by atoms with van der Waals surface area (Å²) in [5.74, 6) is 0.618. The Kier molecular flexibility index (Phi) is 4.72. The van der Waals surface area contributed by atoms with Gasteiger partial charge in [-0.3, -0.25) is 4.98 Å². The lowest BCUT2D eigenvalue weighted by Crippen LogP contribution is -2.34. The Labute approximate surface area is 117 Å². The number of fused-ring (bicyclic) bond motifs is 1. The molecule has 1 unspecified atom stereocenters. The van der Waals surface area contributed by atoms with Gasteiger partial charge in [0.15, 0.2) is 0 Å². The number of alkyl halides is 1. The molecule has 96 valence electrons. The highest BCUT2D eigenvalue weighted by Crippen LogP contribution is 2.16. The van der Waals surface area contributed by atoms with Gasteiger partial charge in [-0.25, -0.2) is 0 Å². The van der Waals surface area contributed by atoms with E-state index in [0.29, 0.717) is 12.0 Å². The number of para-hydroxylation sites is 1. The Bertz CT molecular complexity index is 505. The molecule has 0 amide bonds. The normalized spacial score (nSPS) is 13.1. The minimum absolute atomic E-state index is 0.490. The monoisotopic (exact) mass is 306 g/mol. The molecular weight excluding hydrogens is 288 g/mol. The van der Waals surface area contributed by atoms with Gasteiger partial charge in [-0.05, 0) is 17.5 Å². The van der Waals surface area contributed by atoms with Gasteiger partial charge in [-0.15, -0.1) is 0 Å². The summed E-state index contributed by atoms with van der Waals surface area (Å²) < 4.78 is 0. The van der Waals surface area contributed by atoms with Gasteiger partial charge < -0.3 is 5.32 Å². The Hall–Kier alpha value is -0.930. The summed E-state index contributed by atoms with van der Waals surface area (Å²) >= 11 is 3.56. The molecule has 18 heavy (non-hydrogen) atoms. The van der Waals surface area contributed by atoms with Crippen molar-refractivity contribution in [3.63, 3.8) is 0 Å². The zero-order valence-electron chi connectivity index (χ0n) is 10.9. The second kappa shape index (κ2) is 6.30. The highest BCUT2D eigenvalue weighted by atomic mass is 79.9. The first-order valence-electron chi connectivity index (χ1n) is 6.34. The molecule has 3 heteroatoms. The molecule has 1 heterocycles. The lowest BCUT2D eigenvalue weighted by molar-refractivity contribution is 0.434. The van der Waals surface area contributed by atoms with Crippen molar-refractivity contribution in [2.75, 3.05) is 5.33 Å². The molecule has 0 saturated heterocycles. The van der Waals surface area contributed by atoms with Crippen LogP contribution in [0.4, 0.5) is 0 Å². The van der Waals surface area contributed by atoms with Gasteiger partial charge in [-0.2, -0.15) is 0 Å². The van der Waals surface area contributed by atoms with Crippen LogP contribution < -0.4 is 5.32 Å². The fraction of sp³-hybridized carbons (Fsp3) is 0.400. The van der Waals surface area contributed by atoms with Crippen LogP contribution in [0.25, 0.3) is 10.9 Å². The molecule has 0 aliphatic carbocycles. The molecule has 1 aromatic heterocycles. The number of halogens is 1. The molecular formula is C15H19BrN2. The molecule has 1 aromatic carbocycles. The molecule has 0 aliphatic heterocycles. The predicted octanol–water partition coefficient (Wildman–Crippen LogP) is 3.74. The third-order valence-corrected chi connectivity index (χ3v) is 3.94. The minimum atomic E-state index is 0.490. The zero-order chi connectivity index (χ0) is 13.0. The maximum Gasteiger partial charge on any atom is 0.0746 e. The first kappa shape index (κ1) is 13.5. The number of nitrogens with zero attached hydrogens (tertiary/aromatic N) is 1. The second-order valence-corrected chi connectivity index (χ2v) is 5.53. The molecule has 1 N–H and O–H groups in total. The number of benzene rings is 1. The van der Waals surface area contributed by atoms with E-state index in [0.717, 1.165) is 17.4 Å². The van der Waals surface area contributed by atoms with E-state index in [4.69, 9.17) is 0 Å². The van der Waals surface area contributed by atoms with Crippen molar-refractivity contribution in [3.05, 3.63) is 42.1 Å².